The fourth-order valence-electron chi connectivity index (χ4n) is 2.48. The third-order valence-corrected chi connectivity index (χ3v) is 4.83. The van der Waals surface area contributed by atoms with Gasteiger partial charge in [0.05, 0.1) is 6.10 Å². The Morgan fingerprint density at radius 3 is 2.30 bits per heavy atom. The van der Waals surface area contributed by atoms with E-state index in [1.54, 1.807) is 42.5 Å². The van der Waals surface area contributed by atoms with Crippen LogP contribution in [0.1, 0.15) is 61.3 Å². The number of rotatable bonds is 8. The van der Waals surface area contributed by atoms with Crippen molar-refractivity contribution in [3.05, 3.63) is 59.7 Å². The minimum absolute atomic E-state index is 0.0706. The number of hydrogen-bond donors (Lipinski definition) is 3. The standard InChI is InChI=1S/C23H29N3O3S/c1-5-15(3)24-21(27)17-10-12-19(13-11-17)25-23(30)26-22(28)18-8-7-9-20(14-18)29-16(4)6-2/h7-16H,5-6H2,1-4H3,(H,24,27)(H2,25,26,28,30). The molecule has 3 N–H and O–H groups in total. The van der Waals surface area contributed by atoms with E-state index in [0.717, 1.165) is 12.8 Å². The first-order valence-corrected chi connectivity index (χ1v) is 10.5. The lowest BCUT2D eigenvalue weighted by molar-refractivity contribution is 0.0937. The number of nitrogens with one attached hydrogen (secondary N) is 3. The van der Waals surface area contributed by atoms with Crippen LogP contribution in [0.15, 0.2) is 48.5 Å². The first-order valence-electron chi connectivity index (χ1n) is 10.1. The fourth-order valence-corrected chi connectivity index (χ4v) is 2.69. The minimum atomic E-state index is -0.327. The van der Waals surface area contributed by atoms with Crippen LogP contribution in [-0.2, 0) is 0 Å². The summed E-state index contributed by atoms with van der Waals surface area (Å²) in [6, 6.07) is 14.0. The Labute approximate surface area is 183 Å². The van der Waals surface area contributed by atoms with Gasteiger partial charge in [0.1, 0.15) is 5.75 Å². The van der Waals surface area contributed by atoms with E-state index >= 15 is 0 Å². The van der Waals surface area contributed by atoms with Gasteiger partial charge in [0.2, 0.25) is 0 Å². The summed E-state index contributed by atoms with van der Waals surface area (Å²) in [6.45, 7) is 7.99. The molecule has 2 unspecified atom stereocenters. The zero-order valence-electron chi connectivity index (χ0n) is 17.8. The molecule has 0 aliphatic heterocycles. The lowest BCUT2D eigenvalue weighted by Gasteiger charge is -2.14. The van der Waals surface area contributed by atoms with Gasteiger partial charge in [-0.15, -0.1) is 0 Å². The molecule has 0 saturated carbocycles. The van der Waals surface area contributed by atoms with Gasteiger partial charge >= 0.3 is 0 Å². The Morgan fingerprint density at radius 2 is 1.67 bits per heavy atom. The number of amides is 2. The normalized spacial score (nSPS) is 12.4. The number of hydrogen-bond acceptors (Lipinski definition) is 4. The van der Waals surface area contributed by atoms with Crippen molar-refractivity contribution in [1.82, 2.24) is 10.6 Å². The van der Waals surface area contributed by atoms with Gasteiger partial charge in [-0.3, -0.25) is 14.9 Å². The van der Waals surface area contributed by atoms with Crippen molar-refractivity contribution in [3.8, 4) is 5.75 Å². The molecule has 0 heterocycles. The van der Waals surface area contributed by atoms with E-state index in [-0.39, 0.29) is 29.1 Å². The Balaban J connectivity index is 1.93. The van der Waals surface area contributed by atoms with E-state index in [2.05, 4.69) is 16.0 Å². The predicted molar refractivity (Wildman–Crippen MR) is 124 cm³/mol. The summed E-state index contributed by atoms with van der Waals surface area (Å²) in [5.74, 6) is 0.194. The summed E-state index contributed by atoms with van der Waals surface area (Å²) in [4.78, 5) is 24.6. The van der Waals surface area contributed by atoms with Crippen LogP contribution in [0.4, 0.5) is 5.69 Å². The van der Waals surface area contributed by atoms with Crippen molar-refractivity contribution < 1.29 is 14.3 Å². The first-order chi connectivity index (χ1) is 14.3. The van der Waals surface area contributed by atoms with E-state index in [1.807, 2.05) is 33.8 Å². The highest BCUT2D eigenvalue weighted by molar-refractivity contribution is 7.80. The van der Waals surface area contributed by atoms with Crippen molar-refractivity contribution in [3.63, 3.8) is 0 Å². The second kappa shape index (κ2) is 11.3. The molecular weight excluding hydrogens is 398 g/mol. The number of ether oxygens (including phenoxy) is 1. The average Bonchev–Trinajstić information content (AvgIpc) is 2.74. The van der Waals surface area contributed by atoms with Crippen LogP contribution >= 0.6 is 12.2 Å². The van der Waals surface area contributed by atoms with Gasteiger partial charge in [-0.25, -0.2) is 0 Å². The van der Waals surface area contributed by atoms with E-state index in [1.165, 1.54) is 0 Å². The number of carbonyl (C=O) groups excluding carboxylic acids is 2. The molecule has 0 bridgehead atoms. The zero-order valence-corrected chi connectivity index (χ0v) is 18.6. The molecule has 30 heavy (non-hydrogen) atoms. The smallest absolute Gasteiger partial charge is 0.257 e. The molecule has 2 amide bonds. The van der Waals surface area contributed by atoms with Gasteiger partial charge in [0.25, 0.3) is 11.8 Å². The summed E-state index contributed by atoms with van der Waals surface area (Å²) in [6.07, 6.45) is 1.82. The molecule has 2 atom stereocenters. The van der Waals surface area contributed by atoms with Crippen LogP contribution in [0.25, 0.3) is 0 Å². The molecule has 0 aliphatic rings. The van der Waals surface area contributed by atoms with Crippen LogP contribution in [-0.4, -0.2) is 29.1 Å². The van der Waals surface area contributed by atoms with Crippen LogP contribution in [0.3, 0.4) is 0 Å². The number of benzene rings is 2. The average molecular weight is 428 g/mol. The molecule has 0 radical (unpaired) electrons. The Morgan fingerprint density at radius 1 is 0.967 bits per heavy atom. The van der Waals surface area contributed by atoms with Crippen LogP contribution in [0, 0.1) is 0 Å². The molecular formula is C23H29N3O3S. The monoisotopic (exact) mass is 427 g/mol. The molecule has 160 valence electrons. The van der Waals surface area contributed by atoms with Gasteiger partial charge in [-0.1, -0.05) is 19.9 Å². The van der Waals surface area contributed by atoms with Gasteiger partial charge in [-0.2, -0.15) is 0 Å². The molecule has 0 spiro atoms. The molecule has 0 fully saturated rings. The quantitative estimate of drug-likeness (QED) is 0.540. The second-order valence-electron chi connectivity index (χ2n) is 7.13. The van der Waals surface area contributed by atoms with Crippen molar-refractivity contribution in [2.75, 3.05) is 5.32 Å². The van der Waals surface area contributed by atoms with Crippen molar-refractivity contribution >= 4 is 34.8 Å². The van der Waals surface area contributed by atoms with Gasteiger partial charge in [0.15, 0.2) is 5.11 Å². The van der Waals surface area contributed by atoms with Crippen LogP contribution in [0.2, 0.25) is 0 Å². The summed E-state index contributed by atoms with van der Waals surface area (Å²) < 4.78 is 5.76. The van der Waals surface area contributed by atoms with Gasteiger partial charge in [0, 0.05) is 22.9 Å². The predicted octanol–water partition coefficient (Wildman–Crippen LogP) is 4.52. The highest BCUT2D eigenvalue weighted by atomic mass is 32.1. The molecule has 0 aliphatic carbocycles. The Kier molecular flexibility index (Phi) is 8.80. The summed E-state index contributed by atoms with van der Waals surface area (Å²) in [5.41, 5.74) is 1.69. The third-order valence-electron chi connectivity index (χ3n) is 4.63. The van der Waals surface area contributed by atoms with Gasteiger partial charge in [-0.05, 0) is 81.4 Å². The largest absolute Gasteiger partial charge is 0.491 e. The van der Waals surface area contributed by atoms with E-state index in [4.69, 9.17) is 17.0 Å². The lowest BCUT2D eigenvalue weighted by atomic mass is 10.1. The van der Waals surface area contributed by atoms with Crippen LogP contribution in [0.5, 0.6) is 5.75 Å². The number of thiocarbonyl (C=S) groups is 1. The Bertz CT molecular complexity index is 884. The second-order valence-corrected chi connectivity index (χ2v) is 7.54. The molecule has 2 rings (SSSR count). The molecule has 6 nitrogen and oxygen atoms in total. The van der Waals surface area contributed by atoms with E-state index < -0.39 is 0 Å². The van der Waals surface area contributed by atoms with Crippen LogP contribution < -0.4 is 20.7 Å². The highest BCUT2D eigenvalue weighted by Gasteiger charge is 2.11. The summed E-state index contributed by atoms with van der Waals surface area (Å²) in [5, 5.41) is 8.70. The molecule has 7 heteroatoms. The van der Waals surface area contributed by atoms with E-state index in [0.29, 0.717) is 22.6 Å². The first kappa shape index (κ1) is 23.3. The molecule has 2 aromatic carbocycles. The Hall–Kier alpha value is -2.93. The molecule has 0 aromatic heterocycles. The van der Waals surface area contributed by atoms with Crippen molar-refractivity contribution in [2.24, 2.45) is 0 Å². The number of carbonyl (C=O) groups is 2. The zero-order chi connectivity index (χ0) is 22.1. The van der Waals surface area contributed by atoms with Crippen molar-refractivity contribution in [1.29, 1.82) is 0 Å². The molecule has 2 aromatic rings. The van der Waals surface area contributed by atoms with Crippen molar-refractivity contribution in [2.45, 2.75) is 52.7 Å². The highest BCUT2D eigenvalue weighted by Crippen LogP contribution is 2.16. The lowest BCUT2D eigenvalue weighted by Crippen LogP contribution is -2.34. The SMILES string of the molecule is CCC(C)NC(=O)c1ccc(NC(=S)NC(=O)c2cccc(OC(C)CC)c2)cc1. The maximum absolute atomic E-state index is 12.5. The summed E-state index contributed by atoms with van der Waals surface area (Å²) in [7, 11) is 0. The van der Waals surface area contributed by atoms with E-state index in [9.17, 15) is 9.59 Å². The number of anilines is 1. The minimum Gasteiger partial charge on any atom is -0.491 e. The fraction of sp³-hybridized carbons (Fsp3) is 0.348. The maximum atomic E-state index is 12.5. The summed E-state index contributed by atoms with van der Waals surface area (Å²) >= 11 is 5.24. The maximum Gasteiger partial charge on any atom is 0.257 e. The van der Waals surface area contributed by atoms with Gasteiger partial charge < -0.3 is 15.4 Å². The topological polar surface area (TPSA) is 79.5 Å². The molecule has 0 saturated heterocycles. The third kappa shape index (κ3) is 7.15.